The fourth-order valence-corrected chi connectivity index (χ4v) is 5.48. The lowest BCUT2D eigenvalue weighted by Crippen LogP contribution is -2.37. The maximum absolute atomic E-state index is 12.9. The highest BCUT2D eigenvalue weighted by Gasteiger charge is 2.36. The van der Waals surface area contributed by atoms with Gasteiger partial charge in [0.05, 0.1) is 13.2 Å². The molecule has 0 aliphatic carbocycles. The van der Waals surface area contributed by atoms with Crippen LogP contribution in [0.5, 0.6) is 0 Å². The van der Waals surface area contributed by atoms with Crippen LogP contribution in [0.3, 0.4) is 0 Å². The minimum Gasteiger partial charge on any atom is -0.381 e. The van der Waals surface area contributed by atoms with Gasteiger partial charge in [0.2, 0.25) is 0 Å². The molecule has 2 aromatic rings. The van der Waals surface area contributed by atoms with E-state index in [0.717, 1.165) is 67.5 Å². The summed E-state index contributed by atoms with van der Waals surface area (Å²) in [5.74, 6) is 1.11. The average Bonchev–Trinajstić information content (AvgIpc) is 3.38. The number of likely N-dealkylation sites (tertiary alicyclic amines) is 1. The molecule has 8 nitrogen and oxygen atoms in total. The second-order valence-electron chi connectivity index (χ2n) is 10.6. The lowest BCUT2D eigenvalue weighted by molar-refractivity contribution is -0.143. The van der Waals surface area contributed by atoms with E-state index in [9.17, 15) is 18.0 Å². The second-order valence-corrected chi connectivity index (χ2v) is 10.6. The van der Waals surface area contributed by atoms with Gasteiger partial charge in [0.25, 0.3) is 0 Å². The molecule has 3 fully saturated rings. The Labute approximate surface area is 226 Å². The van der Waals surface area contributed by atoms with Crippen LogP contribution in [-0.4, -0.2) is 80.7 Å². The Balaban J connectivity index is 1.36. The zero-order valence-corrected chi connectivity index (χ0v) is 22.2. The number of pyridine rings is 1. The van der Waals surface area contributed by atoms with Crippen LogP contribution in [0.2, 0.25) is 0 Å². The number of alkyl halides is 3. The van der Waals surface area contributed by atoms with Crippen molar-refractivity contribution in [2.75, 3.05) is 68.1 Å². The Kier molecular flexibility index (Phi) is 8.46. The van der Waals surface area contributed by atoms with Gasteiger partial charge in [-0.3, -0.25) is 0 Å². The summed E-state index contributed by atoms with van der Waals surface area (Å²) >= 11 is 0. The number of amides is 2. The van der Waals surface area contributed by atoms with Gasteiger partial charge in [0.15, 0.2) is 0 Å². The number of hydrogen-bond acceptors (Lipinski definition) is 6. The normalized spacial score (nSPS) is 20.8. The SMILES string of the molecule is Cc1ccc(NC(=O)N2CCC(CC(F)(F)F)C2)cc1-c1cc(NC2CCOCC2)nc(N2CCOCC2)c1. The van der Waals surface area contributed by atoms with Gasteiger partial charge in [0, 0.05) is 57.5 Å². The highest BCUT2D eigenvalue weighted by Crippen LogP contribution is 2.33. The summed E-state index contributed by atoms with van der Waals surface area (Å²) in [6.07, 6.45) is -2.88. The Bertz CT molecular complexity index is 1150. The van der Waals surface area contributed by atoms with E-state index in [1.165, 1.54) is 4.90 Å². The fourth-order valence-electron chi connectivity index (χ4n) is 5.48. The molecule has 2 N–H and O–H groups in total. The van der Waals surface area contributed by atoms with Crippen LogP contribution in [0, 0.1) is 12.8 Å². The van der Waals surface area contributed by atoms with Gasteiger partial charge in [-0.2, -0.15) is 13.2 Å². The first-order chi connectivity index (χ1) is 18.7. The standard InChI is InChI=1S/C28H36F3N5O3/c1-19-2-3-23(33-27(37)36-7-4-20(18-36)17-28(29,30)31)16-24(19)21-14-25(32-22-5-10-38-11-6-22)34-26(15-21)35-8-12-39-13-9-35/h2-3,14-16,20,22H,4-13,17-18H2,1H3,(H,32,34)(H,33,37). The smallest absolute Gasteiger partial charge is 0.381 e. The molecule has 0 radical (unpaired) electrons. The minimum atomic E-state index is -4.22. The van der Waals surface area contributed by atoms with Crippen molar-refractivity contribution in [3.05, 3.63) is 35.9 Å². The third kappa shape index (κ3) is 7.33. The van der Waals surface area contributed by atoms with Crippen LogP contribution in [0.15, 0.2) is 30.3 Å². The van der Waals surface area contributed by atoms with Crippen molar-refractivity contribution in [1.29, 1.82) is 0 Å². The van der Waals surface area contributed by atoms with Crippen molar-refractivity contribution in [1.82, 2.24) is 9.88 Å². The minimum absolute atomic E-state index is 0.110. The number of carbonyl (C=O) groups is 1. The molecule has 11 heteroatoms. The second kappa shape index (κ2) is 12.0. The Morgan fingerprint density at radius 1 is 1.03 bits per heavy atom. The number of anilines is 3. The summed E-state index contributed by atoms with van der Waals surface area (Å²) in [6.45, 7) is 6.71. The molecule has 1 unspecified atom stereocenters. The predicted octanol–water partition coefficient (Wildman–Crippen LogP) is 5.29. The lowest BCUT2D eigenvalue weighted by Gasteiger charge is -2.29. The topological polar surface area (TPSA) is 79.0 Å². The first kappa shape index (κ1) is 27.5. The van der Waals surface area contributed by atoms with Gasteiger partial charge in [0.1, 0.15) is 11.6 Å². The molecule has 3 saturated heterocycles. The van der Waals surface area contributed by atoms with Crippen LogP contribution in [0.4, 0.5) is 35.3 Å². The number of aryl methyl sites for hydroxylation is 1. The van der Waals surface area contributed by atoms with E-state index in [-0.39, 0.29) is 18.6 Å². The molecule has 1 aromatic heterocycles. The molecule has 4 heterocycles. The van der Waals surface area contributed by atoms with Gasteiger partial charge in [-0.05, 0) is 73.1 Å². The highest BCUT2D eigenvalue weighted by atomic mass is 19.4. The zero-order valence-electron chi connectivity index (χ0n) is 22.2. The van der Waals surface area contributed by atoms with Crippen LogP contribution in [0.25, 0.3) is 11.1 Å². The first-order valence-electron chi connectivity index (χ1n) is 13.7. The van der Waals surface area contributed by atoms with Crippen LogP contribution in [-0.2, 0) is 9.47 Å². The number of morpholine rings is 1. The van der Waals surface area contributed by atoms with E-state index in [2.05, 4.69) is 21.6 Å². The molecule has 39 heavy (non-hydrogen) atoms. The first-order valence-corrected chi connectivity index (χ1v) is 13.7. The molecular formula is C28H36F3N5O3. The number of hydrogen-bond donors (Lipinski definition) is 2. The molecule has 0 spiro atoms. The molecule has 1 atom stereocenters. The van der Waals surface area contributed by atoms with Gasteiger partial charge >= 0.3 is 12.2 Å². The average molecular weight is 548 g/mol. The maximum atomic E-state index is 12.9. The van der Waals surface area contributed by atoms with Crippen molar-refractivity contribution in [3.63, 3.8) is 0 Å². The van der Waals surface area contributed by atoms with Crippen LogP contribution < -0.4 is 15.5 Å². The molecule has 0 bridgehead atoms. The molecule has 2 amide bonds. The number of ether oxygens (including phenoxy) is 2. The number of nitrogens with one attached hydrogen (secondary N) is 2. The summed E-state index contributed by atoms with van der Waals surface area (Å²) in [5.41, 5.74) is 3.57. The Hall–Kier alpha value is -3.05. The zero-order chi connectivity index (χ0) is 27.4. The Morgan fingerprint density at radius 2 is 1.77 bits per heavy atom. The quantitative estimate of drug-likeness (QED) is 0.512. The fraction of sp³-hybridized carbons (Fsp3) is 0.571. The molecule has 3 aliphatic rings. The molecular weight excluding hydrogens is 511 g/mol. The third-order valence-electron chi connectivity index (χ3n) is 7.61. The number of urea groups is 1. The monoisotopic (exact) mass is 547 g/mol. The highest BCUT2D eigenvalue weighted by molar-refractivity contribution is 5.91. The van der Waals surface area contributed by atoms with E-state index in [1.807, 2.05) is 31.2 Å². The van der Waals surface area contributed by atoms with Crippen molar-refractivity contribution in [2.45, 2.75) is 44.8 Å². The number of benzene rings is 1. The van der Waals surface area contributed by atoms with E-state index < -0.39 is 18.5 Å². The number of aromatic nitrogens is 1. The van der Waals surface area contributed by atoms with Crippen molar-refractivity contribution < 1.29 is 27.4 Å². The van der Waals surface area contributed by atoms with Crippen LogP contribution >= 0.6 is 0 Å². The largest absolute Gasteiger partial charge is 0.389 e. The lowest BCUT2D eigenvalue weighted by atomic mass is 10.00. The number of carbonyl (C=O) groups excluding carboxylic acids is 1. The van der Waals surface area contributed by atoms with E-state index in [4.69, 9.17) is 14.5 Å². The van der Waals surface area contributed by atoms with Crippen molar-refractivity contribution in [3.8, 4) is 11.1 Å². The summed E-state index contributed by atoms with van der Waals surface area (Å²) in [4.78, 5) is 21.5. The van der Waals surface area contributed by atoms with Gasteiger partial charge in [-0.1, -0.05) is 6.07 Å². The molecule has 3 aliphatic heterocycles. The molecule has 212 valence electrons. The number of nitrogens with zero attached hydrogens (tertiary/aromatic N) is 3. The van der Waals surface area contributed by atoms with Gasteiger partial charge in [-0.15, -0.1) is 0 Å². The summed E-state index contributed by atoms with van der Waals surface area (Å²) in [7, 11) is 0. The third-order valence-corrected chi connectivity index (χ3v) is 7.61. The maximum Gasteiger partial charge on any atom is 0.389 e. The summed E-state index contributed by atoms with van der Waals surface area (Å²) in [5, 5.41) is 6.49. The Morgan fingerprint density at radius 3 is 2.51 bits per heavy atom. The molecule has 5 rings (SSSR count). The summed E-state index contributed by atoms with van der Waals surface area (Å²) < 4.78 is 49.4. The van der Waals surface area contributed by atoms with E-state index in [1.54, 1.807) is 0 Å². The predicted molar refractivity (Wildman–Crippen MR) is 144 cm³/mol. The van der Waals surface area contributed by atoms with E-state index in [0.29, 0.717) is 31.9 Å². The van der Waals surface area contributed by atoms with Gasteiger partial charge < -0.3 is 29.9 Å². The van der Waals surface area contributed by atoms with E-state index >= 15 is 0 Å². The van der Waals surface area contributed by atoms with Crippen molar-refractivity contribution >= 4 is 23.4 Å². The summed E-state index contributed by atoms with van der Waals surface area (Å²) in [6, 6.07) is 9.71. The van der Waals surface area contributed by atoms with Crippen molar-refractivity contribution in [2.24, 2.45) is 5.92 Å². The number of halogens is 3. The van der Waals surface area contributed by atoms with Gasteiger partial charge in [-0.25, -0.2) is 9.78 Å². The number of rotatable bonds is 6. The molecule has 1 aromatic carbocycles. The molecule has 0 saturated carbocycles. The van der Waals surface area contributed by atoms with Crippen LogP contribution in [0.1, 0.15) is 31.2 Å².